The summed E-state index contributed by atoms with van der Waals surface area (Å²) in [7, 11) is 0. The summed E-state index contributed by atoms with van der Waals surface area (Å²) >= 11 is 5.37. The van der Waals surface area contributed by atoms with Gasteiger partial charge in [-0.2, -0.15) is 0 Å². The van der Waals surface area contributed by atoms with Crippen LogP contribution >= 0.6 is 11.6 Å². The molecule has 20 heavy (non-hydrogen) atoms. The Bertz CT molecular complexity index is 365. The number of ether oxygens (including phenoxy) is 2. The highest BCUT2D eigenvalue weighted by Gasteiger charge is 2.20. The topological polar surface area (TPSA) is 69.7 Å². The Labute approximate surface area is 124 Å². The van der Waals surface area contributed by atoms with Crippen molar-refractivity contribution in [2.24, 2.45) is 11.8 Å². The molecule has 114 valence electrons. The molecular formula is C14H21ClO5. The largest absolute Gasteiger partial charge is 0.466 e. The van der Waals surface area contributed by atoms with Gasteiger partial charge in [0.2, 0.25) is 5.24 Å². The summed E-state index contributed by atoms with van der Waals surface area (Å²) < 4.78 is 9.73. The second-order valence-corrected chi connectivity index (χ2v) is 4.91. The fraction of sp³-hybridized carbons (Fsp3) is 0.643. The fourth-order valence-corrected chi connectivity index (χ4v) is 1.88. The molecule has 0 rings (SSSR count). The van der Waals surface area contributed by atoms with Gasteiger partial charge in [0.05, 0.1) is 13.2 Å². The first kappa shape index (κ1) is 18.6. The molecule has 5 nitrogen and oxygen atoms in total. The second-order valence-electron chi connectivity index (χ2n) is 4.49. The Balaban J connectivity index is 4.47. The summed E-state index contributed by atoms with van der Waals surface area (Å²) in [6, 6.07) is 0. The lowest BCUT2D eigenvalue weighted by Gasteiger charge is -2.21. The van der Waals surface area contributed by atoms with Crippen LogP contribution in [0.5, 0.6) is 0 Å². The van der Waals surface area contributed by atoms with E-state index in [0.717, 1.165) is 0 Å². The van der Waals surface area contributed by atoms with E-state index in [9.17, 15) is 14.4 Å². The number of hydrogen-bond donors (Lipinski definition) is 0. The molecule has 0 aromatic heterocycles. The molecule has 0 unspecified atom stereocenters. The minimum Gasteiger partial charge on any atom is -0.466 e. The molecular weight excluding hydrogens is 284 g/mol. The van der Waals surface area contributed by atoms with Crippen LogP contribution in [0.2, 0.25) is 0 Å². The average molecular weight is 305 g/mol. The molecule has 0 saturated carbocycles. The van der Waals surface area contributed by atoms with Crippen molar-refractivity contribution in [2.75, 3.05) is 13.2 Å². The van der Waals surface area contributed by atoms with E-state index in [2.05, 4.69) is 0 Å². The Morgan fingerprint density at radius 3 is 2.40 bits per heavy atom. The van der Waals surface area contributed by atoms with Crippen molar-refractivity contribution in [2.45, 2.75) is 33.6 Å². The zero-order valence-corrected chi connectivity index (χ0v) is 12.8. The number of halogens is 1. The average Bonchev–Trinajstić information content (AvgIpc) is 2.32. The Morgan fingerprint density at radius 1 is 1.25 bits per heavy atom. The van der Waals surface area contributed by atoms with Crippen molar-refractivity contribution < 1.29 is 23.9 Å². The molecule has 0 N–H and O–H groups in total. The first-order chi connectivity index (χ1) is 9.36. The number of esters is 2. The van der Waals surface area contributed by atoms with Crippen LogP contribution in [0.1, 0.15) is 33.6 Å². The third kappa shape index (κ3) is 9.55. The monoisotopic (exact) mass is 304 g/mol. The van der Waals surface area contributed by atoms with E-state index in [-0.39, 0.29) is 30.8 Å². The van der Waals surface area contributed by atoms with E-state index in [1.807, 2.05) is 6.92 Å². The van der Waals surface area contributed by atoms with Crippen molar-refractivity contribution in [3.05, 3.63) is 12.2 Å². The number of hydrogen-bond acceptors (Lipinski definition) is 5. The molecule has 0 fully saturated rings. The summed E-state index contributed by atoms with van der Waals surface area (Å²) in [5.41, 5.74) is 0. The molecule has 0 aromatic carbocycles. The smallest absolute Gasteiger partial charge is 0.330 e. The maximum atomic E-state index is 11.2. The molecule has 0 amide bonds. The summed E-state index contributed by atoms with van der Waals surface area (Å²) in [6.07, 6.45) is 3.68. The Morgan fingerprint density at radius 2 is 1.90 bits per heavy atom. The van der Waals surface area contributed by atoms with Gasteiger partial charge in [-0.1, -0.05) is 13.0 Å². The maximum absolute atomic E-state index is 11.2. The first-order valence-corrected chi connectivity index (χ1v) is 6.89. The van der Waals surface area contributed by atoms with Crippen molar-refractivity contribution >= 4 is 28.8 Å². The van der Waals surface area contributed by atoms with Gasteiger partial charge in [-0.25, -0.2) is 4.79 Å². The number of rotatable bonds is 9. The Kier molecular flexibility index (Phi) is 9.72. The molecule has 0 aromatic rings. The molecule has 6 heteroatoms. The number of carbonyl (C=O) groups is 3. The molecule has 0 saturated heterocycles. The van der Waals surface area contributed by atoms with E-state index >= 15 is 0 Å². The third-order valence-electron chi connectivity index (χ3n) is 2.77. The van der Waals surface area contributed by atoms with Crippen LogP contribution in [-0.4, -0.2) is 30.4 Å². The van der Waals surface area contributed by atoms with Crippen LogP contribution in [0.4, 0.5) is 0 Å². The molecule has 0 aliphatic heterocycles. The van der Waals surface area contributed by atoms with Crippen LogP contribution in [0.25, 0.3) is 0 Å². The van der Waals surface area contributed by atoms with Crippen molar-refractivity contribution in [3.63, 3.8) is 0 Å². The van der Waals surface area contributed by atoms with Crippen LogP contribution < -0.4 is 0 Å². The van der Waals surface area contributed by atoms with E-state index in [1.165, 1.54) is 13.0 Å². The normalized spacial score (nSPS) is 13.8. The zero-order valence-electron chi connectivity index (χ0n) is 12.1. The van der Waals surface area contributed by atoms with Crippen molar-refractivity contribution in [3.8, 4) is 0 Å². The maximum Gasteiger partial charge on any atom is 0.330 e. The quantitative estimate of drug-likeness (QED) is 0.372. The van der Waals surface area contributed by atoms with Gasteiger partial charge < -0.3 is 9.47 Å². The summed E-state index contributed by atoms with van der Waals surface area (Å²) in [4.78, 5) is 33.0. The van der Waals surface area contributed by atoms with E-state index in [0.29, 0.717) is 13.0 Å². The van der Waals surface area contributed by atoms with Gasteiger partial charge in [0.1, 0.15) is 0 Å². The molecule has 0 spiro atoms. The van der Waals surface area contributed by atoms with Gasteiger partial charge in [0.25, 0.3) is 0 Å². The number of allylic oxidation sites excluding steroid dienone is 1. The lowest BCUT2D eigenvalue weighted by molar-refractivity contribution is -0.143. The number of carbonyl (C=O) groups excluding carboxylic acids is 3. The SMILES string of the molecule is CCOC(=O)/C=C/C[C@H](COC(C)=O)[C@@H](C)CC(=O)Cl. The second kappa shape index (κ2) is 10.4. The van der Waals surface area contributed by atoms with E-state index in [1.54, 1.807) is 13.0 Å². The standard InChI is InChI=1S/C14H21ClO5/c1-4-19-14(18)7-5-6-12(9-20-11(3)16)10(2)8-13(15)17/h5,7,10,12H,4,6,8-9H2,1-3H3/b7-5+/t10-,12+/m0/s1. The van der Waals surface area contributed by atoms with Gasteiger partial charge in [0.15, 0.2) is 0 Å². The van der Waals surface area contributed by atoms with Gasteiger partial charge >= 0.3 is 11.9 Å². The molecule has 0 bridgehead atoms. The van der Waals surface area contributed by atoms with Gasteiger partial charge in [0, 0.05) is 19.4 Å². The summed E-state index contributed by atoms with van der Waals surface area (Å²) in [6.45, 7) is 5.41. The Hall–Kier alpha value is -1.36. The highest BCUT2D eigenvalue weighted by Crippen LogP contribution is 2.21. The molecule has 0 aliphatic carbocycles. The zero-order chi connectivity index (χ0) is 15.5. The molecule has 0 radical (unpaired) electrons. The van der Waals surface area contributed by atoms with Crippen molar-refractivity contribution in [1.82, 2.24) is 0 Å². The lowest BCUT2D eigenvalue weighted by atomic mass is 9.89. The summed E-state index contributed by atoms with van der Waals surface area (Å²) in [5, 5.41) is -0.431. The summed E-state index contributed by atoms with van der Waals surface area (Å²) in [5.74, 6) is -0.924. The predicted octanol–water partition coefficient (Wildman–Crippen LogP) is 2.47. The highest BCUT2D eigenvalue weighted by atomic mass is 35.5. The van der Waals surface area contributed by atoms with Crippen LogP contribution in [-0.2, 0) is 23.9 Å². The van der Waals surface area contributed by atoms with Crippen LogP contribution in [0.15, 0.2) is 12.2 Å². The fourth-order valence-electron chi connectivity index (χ4n) is 1.64. The van der Waals surface area contributed by atoms with E-state index < -0.39 is 11.2 Å². The van der Waals surface area contributed by atoms with E-state index in [4.69, 9.17) is 21.1 Å². The third-order valence-corrected chi connectivity index (χ3v) is 2.92. The van der Waals surface area contributed by atoms with Crippen LogP contribution in [0, 0.1) is 11.8 Å². The lowest BCUT2D eigenvalue weighted by Crippen LogP contribution is -2.20. The van der Waals surface area contributed by atoms with Gasteiger partial charge in [-0.15, -0.1) is 0 Å². The van der Waals surface area contributed by atoms with Gasteiger partial charge in [-0.05, 0) is 36.8 Å². The van der Waals surface area contributed by atoms with Crippen molar-refractivity contribution in [1.29, 1.82) is 0 Å². The van der Waals surface area contributed by atoms with Gasteiger partial charge in [-0.3, -0.25) is 9.59 Å². The van der Waals surface area contributed by atoms with Crippen LogP contribution in [0.3, 0.4) is 0 Å². The molecule has 0 heterocycles. The molecule has 2 atom stereocenters. The minimum absolute atomic E-state index is 0.0498. The predicted molar refractivity (Wildman–Crippen MR) is 75.2 cm³/mol. The minimum atomic E-state index is -0.431. The highest BCUT2D eigenvalue weighted by molar-refractivity contribution is 6.63. The molecule has 0 aliphatic rings. The first-order valence-electron chi connectivity index (χ1n) is 6.51.